The molecule has 2 rings (SSSR count). The molecule has 1 aromatic heterocycles. The van der Waals surface area contributed by atoms with Gasteiger partial charge in [-0.2, -0.15) is 13.2 Å². The summed E-state index contributed by atoms with van der Waals surface area (Å²) in [4.78, 5) is 3.35. The van der Waals surface area contributed by atoms with Crippen LogP contribution >= 0.6 is 0 Å². The van der Waals surface area contributed by atoms with Gasteiger partial charge in [0.1, 0.15) is 5.82 Å². The van der Waals surface area contributed by atoms with Crippen molar-refractivity contribution in [3.63, 3.8) is 0 Å². The lowest BCUT2D eigenvalue weighted by Gasteiger charge is -2.14. The number of alkyl halides is 3. The molecule has 0 saturated carbocycles. The van der Waals surface area contributed by atoms with Crippen molar-refractivity contribution in [3.8, 4) is 0 Å². The second-order valence-electron chi connectivity index (χ2n) is 4.07. The highest BCUT2D eigenvalue weighted by Crippen LogP contribution is 2.35. The molecule has 5 nitrogen and oxygen atoms in total. The summed E-state index contributed by atoms with van der Waals surface area (Å²) in [6, 6.07) is 6.48. The smallest absolute Gasteiger partial charge is 0.384 e. The van der Waals surface area contributed by atoms with E-state index in [1.165, 1.54) is 12.1 Å². The summed E-state index contributed by atoms with van der Waals surface area (Å²) < 4.78 is 64.5. The van der Waals surface area contributed by atoms with Crippen LogP contribution in [0.3, 0.4) is 0 Å². The van der Waals surface area contributed by atoms with Crippen molar-refractivity contribution in [2.24, 2.45) is 0 Å². The van der Waals surface area contributed by atoms with Gasteiger partial charge >= 0.3 is 6.18 Å². The molecule has 2 aromatic rings. The van der Waals surface area contributed by atoms with Crippen LogP contribution in [-0.2, 0) is 16.2 Å². The largest absolute Gasteiger partial charge is 0.418 e. The molecule has 1 aromatic carbocycles. The van der Waals surface area contributed by atoms with E-state index in [1.54, 1.807) is 0 Å². The summed E-state index contributed by atoms with van der Waals surface area (Å²) in [7, 11) is -4.19. The number of anilines is 2. The summed E-state index contributed by atoms with van der Waals surface area (Å²) in [6.07, 6.45) is -3.52. The Morgan fingerprint density at radius 3 is 2.43 bits per heavy atom. The van der Waals surface area contributed by atoms with Crippen LogP contribution in [0.2, 0.25) is 0 Å². The number of sulfonamides is 1. The van der Waals surface area contributed by atoms with Crippen LogP contribution in [0.15, 0.2) is 47.5 Å². The van der Waals surface area contributed by atoms with Gasteiger partial charge < -0.3 is 5.73 Å². The number of aromatic nitrogens is 1. The van der Waals surface area contributed by atoms with Crippen LogP contribution in [0.25, 0.3) is 0 Å². The third kappa shape index (κ3) is 3.43. The Kier molecular flexibility index (Phi) is 3.77. The molecule has 21 heavy (non-hydrogen) atoms. The fraction of sp³-hybridized carbons (Fsp3) is 0.0833. The van der Waals surface area contributed by atoms with Crippen molar-refractivity contribution < 1.29 is 21.6 Å². The maximum absolute atomic E-state index is 12.8. The highest BCUT2D eigenvalue weighted by Gasteiger charge is 2.34. The maximum atomic E-state index is 12.8. The molecule has 9 heteroatoms. The molecule has 0 aliphatic carbocycles. The Morgan fingerprint density at radius 2 is 1.81 bits per heavy atom. The SMILES string of the molecule is Nc1cc(S(=O)(=O)Nc2ccccc2C(F)(F)F)ccn1. The number of rotatable bonds is 3. The zero-order chi connectivity index (χ0) is 15.7. The normalized spacial score (nSPS) is 12.1. The van der Waals surface area contributed by atoms with E-state index >= 15 is 0 Å². The molecule has 0 amide bonds. The molecule has 0 atom stereocenters. The first-order chi connectivity index (χ1) is 9.70. The zero-order valence-corrected chi connectivity index (χ0v) is 11.2. The van der Waals surface area contributed by atoms with Gasteiger partial charge in [-0.3, -0.25) is 4.72 Å². The second kappa shape index (κ2) is 5.24. The number of nitrogens with zero attached hydrogens (tertiary/aromatic N) is 1. The van der Waals surface area contributed by atoms with Gasteiger partial charge in [0.05, 0.1) is 16.1 Å². The van der Waals surface area contributed by atoms with E-state index in [0.717, 1.165) is 30.5 Å². The van der Waals surface area contributed by atoms with Crippen LogP contribution in [-0.4, -0.2) is 13.4 Å². The molecule has 0 unspecified atom stereocenters. The molecule has 0 aliphatic rings. The van der Waals surface area contributed by atoms with Gasteiger partial charge in [0.25, 0.3) is 10.0 Å². The summed E-state index contributed by atoms with van der Waals surface area (Å²) in [5.41, 5.74) is 3.74. The van der Waals surface area contributed by atoms with Crippen molar-refractivity contribution in [1.82, 2.24) is 4.98 Å². The van der Waals surface area contributed by atoms with Gasteiger partial charge in [0.15, 0.2) is 0 Å². The highest BCUT2D eigenvalue weighted by atomic mass is 32.2. The highest BCUT2D eigenvalue weighted by molar-refractivity contribution is 7.92. The van der Waals surface area contributed by atoms with Crippen LogP contribution in [0.5, 0.6) is 0 Å². The number of hydrogen-bond acceptors (Lipinski definition) is 4. The van der Waals surface area contributed by atoms with Crippen LogP contribution in [0.4, 0.5) is 24.7 Å². The molecule has 0 bridgehead atoms. The number of nitrogen functional groups attached to an aromatic ring is 1. The van der Waals surface area contributed by atoms with Gasteiger partial charge in [0, 0.05) is 12.3 Å². The molecular weight excluding hydrogens is 307 g/mol. The number of hydrogen-bond donors (Lipinski definition) is 2. The lowest BCUT2D eigenvalue weighted by molar-refractivity contribution is -0.136. The van der Waals surface area contributed by atoms with E-state index in [2.05, 4.69) is 4.98 Å². The maximum Gasteiger partial charge on any atom is 0.418 e. The Labute approximate surface area is 118 Å². The average Bonchev–Trinajstić information content (AvgIpc) is 2.37. The van der Waals surface area contributed by atoms with E-state index in [-0.39, 0.29) is 10.7 Å². The first kappa shape index (κ1) is 15.1. The fourth-order valence-corrected chi connectivity index (χ4v) is 2.72. The third-order valence-electron chi connectivity index (χ3n) is 2.54. The Bertz CT molecular complexity index is 760. The van der Waals surface area contributed by atoms with Gasteiger partial charge in [-0.05, 0) is 18.2 Å². The summed E-state index contributed by atoms with van der Waals surface area (Å²) >= 11 is 0. The molecule has 0 fully saturated rings. The Hall–Kier alpha value is -2.29. The van der Waals surface area contributed by atoms with Crippen LogP contribution in [0, 0.1) is 0 Å². The standard InChI is InChI=1S/C12H10F3N3O2S/c13-12(14,15)9-3-1-2-4-10(9)18-21(19,20)8-5-6-17-11(16)7-8/h1-7,18H,(H2,16,17). The van der Waals surface area contributed by atoms with Crippen LogP contribution in [0.1, 0.15) is 5.56 Å². The minimum Gasteiger partial charge on any atom is -0.384 e. The molecule has 0 radical (unpaired) electrons. The predicted molar refractivity (Wildman–Crippen MR) is 70.9 cm³/mol. The van der Waals surface area contributed by atoms with E-state index in [1.807, 2.05) is 4.72 Å². The zero-order valence-electron chi connectivity index (χ0n) is 10.4. The van der Waals surface area contributed by atoms with E-state index in [4.69, 9.17) is 5.73 Å². The summed E-state index contributed by atoms with van der Waals surface area (Å²) in [6.45, 7) is 0. The molecule has 0 aliphatic heterocycles. The fourth-order valence-electron chi connectivity index (χ4n) is 1.62. The number of halogens is 3. The number of nitrogens with one attached hydrogen (secondary N) is 1. The molecule has 1 heterocycles. The molecule has 3 N–H and O–H groups in total. The predicted octanol–water partition coefficient (Wildman–Crippen LogP) is 2.48. The lowest BCUT2D eigenvalue weighted by Crippen LogP contribution is -2.17. The van der Waals surface area contributed by atoms with Gasteiger partial charge in [0.2, 0.25) is 0 Å². The van der Waals surface area contributed by atoms with Crippen molar-refractivity contribution in [3.05, 3.63) is 48.2 Å². The summed E-state index contributed by atoms with van der Waals surface area (Å²) in [5.74, 6) is -0.0537. The minimum atomic E-state index is -4.67. The van der Waals surface area contributed by atoms with E-state index in [0.29, 0.717) is 0 Å². The number of nitrogens with two attached hydrogens (primary N) is 1. The van der Waals surface area contributed by atoms with Crippen molar-refractivity contribution in [1.29, 1.82) is 0 Å². The lowest BCUT2D eigenvalue weighted by atomic mass is 10.2. The topological polar surface area (TPSA) is 85.1 Å². The third-order valence-corrected chi connectivity index (χ3v) is 3.90. The van der Waals surface area contributed by atoms with Gasteiger partial charge in [-0.25, -0.2) is 13.4 Å². The Morgan fingerprint density at radius 1 is 1.14 bits per heavy atom. The van der Waals surface area contributed by atoms with Crippen molar-refractivity contribution in [2.45, 2.75) is 11.1 Å². The van der Waals surface area contributed by atoms with E-state index < -0.39 is 27.5 Å². The number of benzene rings is 1. The Balaban J connectivity index is 2.43. The van der Waals surface area contributed by atoms with Crippen LogP contribution < -0.4 is 10.5 Å². The van der Waals surface area contributed by atoms with Gasteiger partial charge in [-0.15, -0.1) is 0 Å². The van der Waals surface area contributed by atoms with Crippen molar-refractivity contribution in [2.75, 3.05) is 10.5 Å². The second-order valence-corrected chi connectivity index (χ2v) is 5.75. The minimum absolute atomic E-state index is 0.0537. The number of pyridine rings is 1. The quantitative estimate of drug-likeness (QED) is 0.911. The molecular formula is C12H10F3N3O2S. The molecule has 0 spiro atoms. The number of para-hydroxylation sites is 1. The van der Waals surface area contributed by atoms with E-state index in [9.17, 15) is 21.6 Å². The first-order valence-electron chi connectivity index (χ1n) is 5.61. The average molecular weight is 317 g/mol. The molecule has 112 valence electrons. The summed E-state index contributed by atoms with van der Waals surface area (Å²) in [5, 5.41) is 0. The van der Waals surface area contributed by atoms with Gasteiger partial charge in [-0.1, -0.05) is 12.1 Å². The molecule has 0 saturated heterocycles. The van der Waals surface area contributed by atoms with Crippen molar-refractivity contribution >= 4 is 21.5 Å². The first-order valence-corrected chi connectivity index (χ1v) is 7.09. The monoisotopic (exact) mass is 317 g/mol.